The van der Waals surface area contributed by atoms with Crippen molar-refractivity contribution >= 4 is 17.7 Å². The van der Waals surface area contributed by atoms with Crippen molar-refractivity contribution in [1.29, 1.82) is 0 Å². The molecule has 1 fully saturated rings. The Hall–Kier alpha value is -2.09. The number of halogens is 1. The minimum atomic E-state index is -0.258. The summed E-state index contributed by atoms with van der Waals surface area (Å²) in [5.74, 6) is 1.55. The van der Waals surface area contributed by atoms with Gasteiger partial charge in [-0.05, 0) is 41.8 Å². The molecule has 0 aliphatic carbocycles. The lowest BCUT2D eigenvalue weighted by Gasteiger charge is -2.28. The molecule has 0 aromatic heterocycles. The number of carbonyl (C=O) groups is 1. The molecule has 0 radical (unpaired) electrons. The maximum atomic E-state index is 13.6. The van der Waals surface area contributed by atoms with E-state index in [-0.39, 0.29) is 17.1 Å². The van der Waals surface area contributed by atoms with Crippen LogP contribution in [-0.2, 0) is 16.1 Å². The number of rotatable bonds is 10. The van der Waals surface area contributed by atoms with E-state index >= 15 is 0 Å². The minimum Gasteiger partial charge on any atom is -0.497 e. The average Bonchev–Trinajstić information content (AvgIpc) is 3.24. The van der Waals surface area contributed by atoms with E-state index in [4.69, 9.17) is 9.47 Å². The van der Waals surface area contributed by atoms with Crippen molar-refractivity contribution in [1.82, 2.24) is 9.80 Å². The first-order chi connectivity index (χ1) is 14.6. The van der Waals surface area contributed by atoms with Gasteiger partial charge in [-0.1, -0.05) is 24.3 Å². The Bertz CT molecular complexity index is 818. The van der Waals surface area contributed by atoms with Crippen molar-refractivity contribution in [3.8, 4) is 5.75 Å². The van der Waals surface area contributed by atoms with Crippen LogP contribution in [0.3, 0.4) is 0 Å². The first-order valence-electron chi connectivity index (χ1n) is 10.1. The Morgan fingerprint density at radius 1 is 1.23 bits per heavy atom. The summed E-state index contributed by atoms with van der Waals surface area (Å²) in [4.78, 5) is 17.2. The molecule has 2 aromatic carbocycles. The zero-order valence-electron chi connectivity index (χ0n) is 17.6. The van der Waals surface area contributed by atoms with Gasteiger partial charge in [0.2, 0.25) is 5.91 Å². The molecule has 162 valence electrons. The van der Waals surface area contributed by atoms with Crippen LogP contribution in [0, 0.1) is 5.82 Å². The maximum absolute atomic E-state index is 13.6. The summed E-state index contributed by atoms with van der Waals surface area (Å²) < 4.78 is 24.0. The largest absolute Gasteiger partial charge is 0.497 e. The molecule has 1 amide bonds. The van der Waals surface area contributed by atoms with Gasteiger partial charge in [0.05, 0.1) is 13.7 Å². The molecule has 1 saturated heterocycles. The molecule has 0 spiro atoms. The Kier molecular flexibility index (Phi) is 8.54. The smallest absolute Gasteiger partial charge is 0.237 e. The van der Waals surface area contributed by atoms with Crippen LogP contribution in [0.1, 0.15) is 22.9 Å². The van der Waals surface area contributed by atoms with Gasteiger partial charge in [-0.25, -0.2) is 4.39 Å². The second kappa shape index (κ2) is 11.3. The molecule has 5 nitrogen and oxygen atoms in total. The van der Waals surface area contributed by atoms with Crippen LogP contribution in [0.15, 0.2) is 48.5 Å². The molecule has 7 heteroatoms. The van der Waals surface area contributed by atoms with E-state index in [1.165, 1.54) is 12.1 Å². The Labute approximate surface area is 182 Å². The van der Waals surface area contributed by atoms with E-state index in [2.05, 4.69) is 4.90 Å². The van der Waals surface area contributed by atoms with Gasteiger partial charge >= 0.3 is 0 Å². The second-order valence-corrected chi connectivity index (χ2v) is 8.46. The SMILES string of the molecule is COCCCN(CC(=O)N1CCS[C@@H]1c1ccc(OC)cc1)Cc1cccc(F)c1. The van der Waals surface area contributed by atoms with E-state index in [1.807, 2.05) is 35.2 Å². The van der Waals surface area contributed by atoms with E-state index < -0.39 is 0 Å². The quantitative estimate of drug-likeness (QED) is 0.532. The van der Waals surface area contributed by atoms with Crippen LogP contribution < -0.4 is 4.74 Å². The molecule has 0 N–H and O–H groups in total. The zero-order chi connectivity index (χ0) is 21.3. The molecule has 0 bridgehead atoms. The van der Waals surface area contributed by atoms with Crippen LogP contribution in [0.4, 0.5) is 4.39 Å². The lowest BCUT2D eigenvalue weighted by Crippen LogP contribution is -2.40. The van der Waals surface area contributed by atoms with Gasteiger partial charge in [-0.2, -0.15) is 0 Å². The Morgan fingerprint density at radius 2 is 2.03 bits per heavy atom. The molecule has 0 unspecified atom stereocenters. The van der Waals surface area contributed by atoms with Crippen molar-refractivity contribution in [3.05, 3.63) is 65.5 Å². The second-order valence-electron chi connectivity index (χ2n) is 7.27. The number of thioether (sulfide) groups is 1. The van der Waals surface area contributed by atoms with Crippen LogP contribution in [0.25, 0.3) is 0 Å². The fourth-order valence-electron chi connectivity index (χ4n) is 3.59. The lowest BCUT2D eigenvalue weighted by atomic mass is 10.2. The van der Waals surface area contributed by atoms with Crippen LogP contribution in [0.5, 0.6) is 5.75 Å². The third-order valence-corrected chi connectivity index (χ3v) is 6.35. The first kappa shape index (κ1) is 22.6. The number of hydrogen-bond donors (Lipinski definition) is 0. The zero-order valence-corrected chi connectivity index (χ0v) is 18.4. The van der Waals surface area contributed by atoms with Crippen LogP contribution >= 0.6 is 11.8 Å². The summed E-state index contributed by atoms with van der Waals surface area (Å²) in [5.41, 5.74) is 1.96. The first-order valence-corrected chi connectivity index (χ1v) is 11.2. The average molecular weight is 433 g/mol. The predicted octanol–water partition coefficient (Wildman–Crippen LogP) is 3.95. The molecular weight excluding hydrogens is 403 g/mol. The van der Waals surface area contributed by atoms with Crippen molar-refractivity contribution in [2.24, 2.45) is 0 Å². The number of nitrogens with zero attached hydrogens (tertiary/aromatic N) is 2. The summed E-state index contributed by atoms with van der Waals surface area (Å²) in [6.07, 6.45) is 0.815. The third-order valence-electron chi connectivity index (χ3n) is 5.09. The highest BCUT2D eigenvalue weighted by atomic mass is 32.2. The number of amides is 1. The standard InChI is InChI=1S/C23H29FN2O3S/c1-28-13-4-11-25(16-18-5-3-6-20(24)15-18)17-22(27)26-12-14-30-23(26)19-7-9-21(29-2)10-8-19/h3,5-10,15,23H,4,11-14,16-17H2,1-2H3/t23-/m1/s1. The minimum absolute atomic E-state index is 0.0124. The van der Waals surface area contributed by atoms with Gasteiger partial charge in [-0.15, -0.1) is 11.8 Å². The summed E-state index contributed by atoms with van der Waals surface area (Å²) >= 11 is 1.78. The molecule has 2 aromatic rings. The predicted molar refractivity (Wildman–Crippen MR) is 118 cm³/mol. The molecule has 1 atom stereocenters. The Balaban J connectivity index is 1.67. The van der Waals surface area contributed by atoms with Gasteiger partial charge in [0.25, 0.3) is 0 Å². The highest BCUT2D eigenvalue weighted by molar-refractivity contribution is 7.99. The molecular formula is C23H29FN2O3S. The number of carbonyl (C=O) groups excluding carboxylic acids is 1. The lowest BCUT2D eigenvalue weighted by molar-refractivity contribution is -0.132. The molecule has 1 aliphatic heterocycles. The third kappa shape index (κ3) is 6.20. The van der Waals surface area contributed by atoms with E-state index in [1.54, 1.807) is 32.0 Å². The van der Waals surface area contributed by atoms with E-state index in [0.717, 1.165) is 35.6 Å². The van der Waals surface area contributed by atoms with Crippen molar-refractivity contribution < 1.29 is 18.7 Å². The topological polar surface area (TPSA) is 42.0 Å². The molecule has 30 heavy (non-hydrogen) atoms. The summed E-state index contributed by atoms with van der Waals surface area (Å²) in [7, 11) is 3.31. The fraction of sp³-hybridized carbons (Fsp3) is 0.435. The summed E-state index contributed by atoms with van der Waals surface area (Å²) in [6.45, 7) is 2.90. The molecule has 3 rings (SSSR count). The van der Waals surface area contributed by atoms with Gasteiger partial charge in [-0.3, -0.25) is 9.69 Å². The summed E-state index contributed by atoms with van der Waals surface area (Å²) in [6, 6.07) is 14.5. The van der Waals surface area contributed by atoms with Gasteiger partial charge < -0.3 is 14.4 Å². The molecule has 1 heterocycles. The maximum Gasteiger partial charge on any atom is 0.237 e. The highest BCUT2D eigenvalue weighted by Gasteiger charge is 2.31. The van der Waals surface area contributed by atoms with Crippen LogP contribution in [0.2, 0.25) is 0 Å². The van der Waals surface area contributed by atoms with Crippen molar-refractivity contribution in [2.45, 2.75) is 18.3 Å². The number of benzene rings is 2. The van der Waals surface area contributed by atoms with Gasteiger partial charge in [0.1, 0.15) is 16.9 Å². The molecule has 0 saturated carbocycles. The van der Waals surface area contributed by atoms with Crippen LogP contribution in [-0.4, -0.2) is 61.9 Å². The van der Waals surface area contributed by atoms with Gasteiger partial charge in [0, 0.05) is 39.1 Å². The Morgan fingerprint density at radius 3 is 2.73 bits per heavy atom. The summed E-state index contributed by atoms with van der Waals surface area (Å²) in [5, 5.41) is 0.0124. The number of ether oxygens (including phenoxy) is 2. The molecule has 1 aliphatic rings. The highest BCUT2D eigenvalue weighted by Crippen LogP contribution is 2.38. The normalized spacial score (nSPS) is 16.3. The number of methoxy groups -OCH3 is 2. The van der Waals surface area contributed by atoms with Crippen molar-refractivity contribution in [3.63, 3.8) is 0 Å². The monoisotopic (exact) mass is 432 g/mol. The van der Waals surface area contributed by atoms with E-state index in [0.29, 0.717) is 26.2 Å². The van der Waals surface area contributed by atoms with Crippen molar-refractivity contribution in [2.75, 3.05) is 46.2 Å². The fourth-order valence-corrected chi connectivity index (χ4v) is 4.87. The number of hydrogen-bond acceptors (Lipinski definition) is 5. The van der Waals surface area contributed by atoms with Gasteiger partial charge in [0.15, 0.2) is 0 Å². The van der Waals surface area contributed by atoms with E-state index in [9.17, 15) is 9.18 Å².